The normalized spacial score (nSPS) is 10.1. The Bertz CT molecular complexity index is 426. The van der Waals surface area contributed by atoms with E-state index in [-0.39, 0.29) is 29.5 Å². The van der Waals surface area contributed by atoms with E-state index in [0.29, 0.717) is 0 Å². The van der Waals surface area contributed by atoms with Crippen molar-refractivity contribution in [1.82, 2.24) is 4.98 Å². The van der Waals surface area contributed by atoms with Crippen LogP contribution in [-0.4, -0.2) is 11.3 Å². The summed E-state index contributed by atoms with van der Waals surface area (Å²) in [6, 6.07) is 1.74. The van der Waals surface area contributed by atoms with Gasteiger partial charge >= 0.3 is 0 Å². The fraction of sp³-hybridized carbons (Fsp3) is 0.222. The van der Waals surface area contributed by atoms with Crippen LogP contribution in [0.3, 0.4) is 0 Å². The molecule has 2 N–H and O–H groups in total. The van der Waals surface area contributed by atoms with E-state index >= 15 is 0 Å². The molecule has 0 bridgehead atoms. The van der Waals surface area contributed by atoms with Gasteiger partial charge in [-0.1, -0.05) is 0 Å². The van der Waals surface area contributed by atoms with Gasteiger partial charge in [0.2, 0.25) is 0 Å². The number of aromatic nitrogens is 1. The monoisotopic (exact) mass is 211 g/mol. The summed E-state index contributed by atoms with van der Waals surface area (Å²) < 4.78 is 24.8. The quantitative estimate of drug-likeness (QED) is 0.761. The summed E-state index contributed by atoms with van der Waals surface area (Å²) in [6.45, 7) is -0.154. The summed E-state index contributed by atoms with van der Waals surface area (Å²) >= 11 is 0. The maximum Gasteiger partial charge on any atom is 0.281 e. The van der Waals surface area contributed by atoms with E-state index in [9.17, 15) is 13.6 Å². The molecule has 1 rings (SSSR count). The summed E-state index contributed by atoms with van der Waals surface area (Å²) in [4.78, 5) is 14.0. The van der Waals surface area contributed by atoms with Crippen LogP contribution < -0.4 is 5.73 Å². The lowest BCUT2D eigenvalue weighted by Crippen LogP contribution is -2.09. The Morgan fingerprint density at radius 1 is 1.67 bits per heavy atom. The van der Waals surface area contributed by atoms with Gasteiger partial charge in [0.25, 0.3) is 6.43 Å². The highest BCUT2D eigenvalue weighted by atomic mass is 19.3. The number of carbonyl (C=O) groups excluding carboxylic acids is 1. The summed E-state index contributed by atoms with van der Waals surface area (Å²) in [5.74, 6) is 0. The average molecular weight is 211 g/mol. The molecule has 0 aliphatic rings. The van der Waals surface area contributed by atoms with Crippen molar-refractivity contribution in [2.75, 3.05) is 0 Å². The van der Waals surface area contributed by atoms with E-state index < -0.39 is 12.1 Å². The van der Waals surface area contributed by atoms with E-state index in [1.165, 1.54) is 0 Å². The SMILES string of the molecule is N#Cc1cnc(C(F)F)c(C=O)c1CN. The molecular formula is C9H7F2N3O. The molecule has 78 valence electrons. The molecule has 0 fully saturated rings. The third-order valence-electron chi connectivity index (χ3n) is 1.91. The third-order valence-corrected chi connectivity index (χ3v) is 1.91. The van der Waals surface area contributed by atoms with E-state index in [4.69, 9.17) is 11.0 Å². The van der Waals surface area contributed by atoms with Crippen LogP contribution in [0.2, 0.25) is 0 Å². The molecule has 0 radical (unpaired) electrons. The minimum Gasteiger partial charge on any atom is -0.326 e. The van der Waals surface area contributed by atoms with Crippen molar-refractivity contribution >= 4 is 6.29 Å². The second kappa shape index (κ2) is 4.57. The molecule has 0 amide bonds. The molecule has 6 heteroatoms. The minimum absolute atomic E-state index is 0.0454. The van der Waals surface area contributed by atoms with E-state index in [0.717, 1.165) is 6.20 Å². The van der Waals surface area contributed by atoms with Crippen LogP contribution in [0.4, 0.5) is 8.78 Å². The summed E-state index contributed by atoms with van der Waals surface area (Å²) in [5.41, 5.74) is 4.52. The zero-order chi connectivity index (χ0) is 11.4. The molecule has 0 aromatic carbocycles. The molecule has 0 unspecified atom stereocenters. The number of pyridine rings is 1. The van der Waals surface area contributed by atoms with E-state index in [2.05, 4.69) is 4.98 Å². The van der Waals surface area contributed by atoms with Gasteiger partial charge in [0.15, 0.2) is 6.29 Å². The highest BCUT2D eigenvalue weighted by Gasteiger charge is 2.19. The highest BCUT2D eigenvalue weighted by Crippen LogP contribution is 2.23. The van der Waals surface area contributed by atoms with Crippen molar-refractivity contribution in [3.63, 3.8) is 0 Å². The Kier molecular flexibility index (Phi) is 3.42. The van der Waals surface area contributed by atoms with Crippen LogP contribution in [0, 0.1) is 11.3 Å². The smallest absolute Gasteiger partial charge is 0.281 e. The number of aldehydes is 1. The van der Waals surface area contributed by atoms with Crippen LogP contribution in [0.1, 0.15) is 33.6 Å². The lowest BCUT2D eigenvalue weighted by Gasteiger charge is -2.08. The maximum atomic E-state index is 12.4. The predicted octanol–water partition coefficient (Wildman–Crippen LogP) is 1.16. The van der Waals surface area contributed by atoms with Crippen LogP contribution in [-0.2, 0) is 6.54 Å². The van der Waals surface area contributed by atoms with Crippen LogP contribution in [0.5, 0.6) is 0 Å². The maximum absolute atomic E-state index is 12.4. The van der Waals surface area contributed by atoms with Crippen LogP contribution in [0.15, 0.2) is 6.20 Å². The first-order valence-corrected chi connectivity index (χ1v) is 4.01. The van der Waals surface area contributed by atoms with Crippen molar-refractivity contribution < 1.29 is 13.6 Å². The van der Waals surface area contributed by atoms with Gasteiger partial charge in [-0.25, -0.2) is 8.78 Å². The Hall–Kier alpha value is -1.87. The molecular weight excluding hydrogens is 204 g/mol. The molecule has 0 saturated heterocycles. The summed E-state index contributed by atoms with van der Waals surface area (Å²) in [6.07, 6.45) is -1.61. The number of hydrogen-bond donors (Lipinski definition) is 1. The number of hydrogen-bond acceptors (Lipinski definition) is 4. The molecule has 0 atom stereocenters. The number of carbonyl (C=O) groups is 1. The van der Waals surface area contributed by atoms with Gasteiger partial charge in [-0.2, -0.15) is 5.26 Å². The first kappa shape index (κ1) is 11.2. The summed E-state index contributed by atoms with van der Waals surface area (Å²) in [7, 11) is 0. The van der Waals surface area contributed by atoms with Crippen molar-refractivity contribution in [3.05, 3.63) is 28.6 Å². The Morgan fingerprint density at radius 2 is 2.33 bits per heavy atom. The largest absolute Gasteiger partial charge is 0.326 e. The first-order chi connectivity index (χ1) is 7.15. The molecule has 15 heavy (non-hydrogen) atoms. The lowest BCUT2D eigenvalue weighted by molar-refractivity contribution is 0.110. The van der Waals surface area contributed by atoms with Gasteiger partial charge in [-0.15, -0.1) is 0 Å². The minimum atomic E-state index is -2.86. The standard InChI is InChI=1S/C9H7F2N3O/c10-9(11)8-7(4-15)6(2-13)5(1-12)3-14-8/h3-4,9H,2,13H2. The van der Waals surface area contributed by atoms with E-state index in [1.54, 1.807) is 6.07 Å². The Labute approximate surface area is 84.3 Å². The van der Waals surface area contributed by atoms with Crippen molar-refractivity contribution in [2.24, 2.45) is 5.73 Å². The van der Waals surface area contributed by atoms with E-state index in [1.807, 2.05) is 0 Å². The van der Waals surface area contributed by atoms with Crippen molar-refractivity contribution in [2.45, 2.75) is 13.0 Å². The molecule has 1 aromatic heterocycles. The summed E-state index contributed by atoms with van der Waals surface area (Å²) in [5, 5.41) is 8.65. The molecule has 0 aliphatic heterocycles. The van der Waals surface area contributed by atoms with Gasteiger partial charge in [-0.05, 0) is 5.56 Å². The number of rotatable bonds is 3. The van der Waals surface area contributed by atoms with Crippen molar-refractivity contribution in [3.8, 4) is 6.07 Å². The van der Waals surface area contributed by atoms with Gasteiger partial charge < -0.3 is 5.73 Å². The zero-order valence-corrected chi connectivity index (χ0v) is 7.58. The Morgan fingerprint density at radius 3 is 2.73 bits per heavy atom. The van der Waals surface area contributed by atoms with Crippen molar-refractivity contribution in [1.29, 1.82) is 5.26 Å². The predicted molar refractivity (Wildman–Crippen MR) is 47.2 cm³/mol. The number of alkyl halides is 2. The number of nitriles is 1. The molecule has 1 heterocycles. The number of nitrogens with zero attached hydrogens (tertiary/aromatic N) is 2. The van der Waals surface area contributed by atoms with Gasteiger partial charge in [0.05, 0.1) is 5.56 Å². The second-order valence-corrected chi connectivity index (χ2v) is 2.68. The molecule has 0 spiro atoms. The Balaban J connectivity index is 3.49. The van der Waals surface area contributed by atoms with Gasteiger partial charge in [0, 0.05) is 18.3 Å². The zero-order valence-electron chi connectivity index (χ0n) is 7.58. The molecule has 4 nitrogen and oxygen atoms in total. The highest BCUT2D eigenvalue weighted by molar-refractivity contribution is 5.80. The van der Waals surface area contributed by atoms with Gasteiger partial charge in [-0.3, -0.25) is 9.78 Å². The van der Waals surface area contributed by atoms with Crippen LogP contribution >= 0.6 is 0 Å². The number of halogens is 2. The molecule has 0 aliphatic carbocycles. The van der Waals surface area contributed by atoms with Gasteiger partial charge in [0.1, 0.15) is 11.8 Å². The number of nitrogens with two attached hydrogens (primary N) is 1. The van der Waals surface area contributed by atoms with Crippen LogP contribution in [0.25, 0.3) is 0 Å². The third kappa shape index (κ3) is 1.97. The first-order valence-electron chi connectivity index (χ1n) is 4.01. The fourth-order valence-electron chi connectivity index (χ4n) is 1.20. The lowest BCUT2D eigenvalue weighted by atomic mass is 10.0. The average Bonchev–Trinajstić information content (AvgIpc) is 2.26. The molecule has 0 saturated carbocycles. The fourth-order valence-corrected chi connectivity index (χ4v) is 1.20. The topological polar surface area (TPSA) is 79.8 Å². The molecule has 1 aromatic rings. The second-order valence-electron chi connectivity index (χ2n) is 2.68.